The molecule has 0 aromatic rings. The van der Waals surface area contributed by atoms with Gasteiger partial charge >= 0.3 is 0 Å². The lowest BCUT2D eigenvalue weighted by atomic mass is 9.91. The summed E-state index contributed by atoms with van der Waals surface area (Å²) in [6.45, 7) is 3.00. The van der Waals surface area contributed by atoms with Gasteiger partial charge in [0.1, 0.15) is 0 Å². The molecule has 0 radical (unpaired) electrons. The predicted octanol–water partition coefficient (Wildman–Crippen LogP) is 2.82. The molecule has 0 saturated carbocycles. The van der Waals surface area contributed by atoms with Crippen molar-refractivity contribution in [2.75, 3.05) is 24.4 Å². The molecule has 10 heavy (non-hydrogen) atoms. The summed E-state index contributed by atoms with van der Waals surface area (Å²) in [6.07, 6.45) is 1.14. The van der Waals surface area contributed by atoms with Crippen LogP contribution in [0, 0.1) is 5.41 Å². The van der Waals surface area contributed by atoms with Gasteiger partial charge in [-0.15, -0.1) is 0 Å². The summed E-state index contributed by atoms with van der Waals surface area (Å²) in [6, 6.07) is 0. The van der Waals surface area contributed by atoms with Crippen LogP contribution in [0.3, 0.4) is 0 Å². The summed E-state index contributed by atoms with van der Waals surface area (Å²) >= 11 is 6.97. The number of hydrogen-bond acceptors (Lipinski definition) is 1. The van der Waals surface area contributed by atoms with E-state index in [0.717, 1.165) is 23.7 Å². The zero-order chi connectivity index (χ0) is 8.04. The number of hydrogen-bond donors (Lipinski definition) is 0. The highest BCUT2D eigenvalue weighted by molar-refractivity contribution is 9.09. The Balaban J connectivity index is 3.87. The third-order valence-corrected chi connectivity index (χ3v) is 4.15. The van der Waals surface area contributed by atoms with Gasteiger partial charge in [-0.1, -0.05) is 38.8 Å². The minimum atomic E-state index is 0.286. The second kappa shape index (κ2) is 5.56. The van der Waals surface area contributed by atoms with E-state index >= 15 is 0 Å². The molecule has 0 unspecified atom stereocenters. The van der Waals surface area contributed by atoms with Crippen LogP contribution in [-0.2, 0) is 4.74 Å². The second-order valence-corrected chi connectivity index (χ2v) is 3.68. The fourth-order valence-electron chi connectivity index (χ4n) is 0.710. The van der Waals surface area contributed by atoms with E-state index in [9.17, 15) is 0 Å². The average Bonchev–Trinajstić information content (AvgIpc) is 2.01. The van der Waals surface area contributed by atoms with Crippen LogP contribution in [0.15, 0.2) is 0 Å². The fourth-order valence-corrected chi connectivity index (χ4v) is 2.76. The molecule has 0 N–H and O–H groups in total. The normalized spacial score (nSPS) is 12.0. The monoisotopic (exact) mass is 272 g/mol. The summed E-state index contributed by atoms with van der Waals surface area (Å²) in [7, 11) is 1.75. The Morgan fingerprint density at radius 3 is 1.90 bits per heavy atom. The van der Waals surface area contributed by atoms with Crippen molar-refractivity contribution in [3.05, 3.63) is 0 Å². The van der Waals surface area contributed by atoms with Crippen LogP contribution in [0.1, 0.15) is 13.3 Å². The smallest absolute Gasteiger partial charge is 0.0534 e. The maximum atomic E-state index is 5.12. The first-order valence-corrected chi connectivity index (χ1v) is 5.60. The van der Waals surface area contributed by atoms with Gasteiger partial charge in [0.2, 0.25) is 0 Å². The Kier molecular flexibility index (Phi) is 6.07. The molecule has 0 heterocycles. The zero-order valence-electron chi connectivity index (χ0n) is 6.49. The molecule has 1 nitrogen and oxygen atoms in total. The molecule has 3 heteroatoms. The van der Waals surface area contributed by atoms with Gasteiger partial charge in [-0.05, 0) is 6.42 Å². The molecular formula is C7H14Br2O. The molecule has 0 amide bonds. The number of alkyl halides is 2. The molecule has 0 aromatic heterocycles. The average molecular weight is 274 g/mol. The SMILES string of the molecule is CCC(CBr)(CBr)COC. The molecule has 0 aliphatic rings. The van der Waals surface area contributed by atoms with Crippen molar-refractivity contribution in [3.8, 4) is 0 Å². The van der Waals surface area contributed by atoms with E-state index < -0.39 is 0 Å². The Morgan fingerprint density at radius 2 is 1.80 bits per heavy atom. The maximum Gasteiger partial charge on any atom is 0.0534 e. The summed E-state index contributed by atoms with van der Waals surface area (Å²) in [5, 5.41) is 1.99. The minimum absolute atomic E-state index is 0.286. The highest BCUT2D eigenvalue weighted by Gasteiger charge is 2.25. The van der Waals surface area contributed by atoms with Gasteiger partial charge in [-0.2, -0.15) is 0 Å². The number of ether oxygens (including phenoxy) is 1. The lowest BCUT2D eigenvalue weighted by Crippen LogP contribution is -2.29. The number of halogens is 2. The Morgan fingerprint density at radius 1 is 1.30 bits per heavy atom. The first-order chi connectivity index (χ1) is 4.74. The zero-order valence-corrected chi connectivity index (χ0v) is 9.66. The van der Waals surface area contributed by atoms with E-state index in [0.29, 0.717) is 0 Å². The van der Waals surface area contributed by atoms with E-state index in [1.165, 1.54) is 0 Å². The molecule has 0 aromatic carbocycles. The van der Waals surface area contributed by atoms with Crippen molar-refractivity contribution in [1.29, 1.82) is 0 Å². The van der Waals surface area contributed by atoms with Gasteiger partial charge in [-0.3, -0.25) is 0 Å². The molecule has 0 rings (SSSR count). The van der Waals surface area contributed by atoms with Gasteiger partial charge in [0.15, 0.2) is 0 Å². The molecule has 0 aliphatic carbocycles. The Bertz CT molecular complexity index is 73.4. The number of rotatable bonds is 5. The third-order valence-electron chi connectivity index (χ3n) is 1.77. The van der Waals surface area contributed by atoms with Crippen molar-refractivity contribution < 1.29 is 4.74 Å². The molecule has 0 fully saturated rings. The van der Waals surface area contributed by atoms with Gasteiger partial charge < -0.3 is 4.74 Å². The van der Waals surface area contributed by atoms with Crippen molar-refractivity contribution in [1.82, 2.24) is 0 Å². The van der Waals surface area contributed by atoms with Crippen molar-refractivity contribution >= 4 is 31.9 Å². The van der Waals surface area contributed by atoms with Crippen molar-refractivity contribution in [3.63, 3.8) is 0 Å². The maximum absolute atomic E-state index is 5.12. The van der Waals surface area contributed by atoms with E-state index in [-0.39, 0.29) is 5.41 Å². The van der Waals surface area contributed by atoms with E-state index in [2.05, 4.69) is 38.8 Å². The van der Waals surface area contributed by atoms with Gasteiger partial charge in [-0.25, -0.2) is 0 Å². The first-order valence-electron chi connectivity index (χ1n) is 3.35. The summed E-state index contributed by atoms with van der Waals surface area (Å²) in [4.78, 5) is 0. The second-order valence-electron chi connectivity index (χ2n) is 2.55. The van der Waals surface area contributed by atoms with Crippen LogP contribution < -0.4 is 0 Å². The lowest BCUT2D eigenvalue weighted by molar-refractivity contribution is 0.109. The fraction of sp³-hybridized carbons (Fsp3) is 1.00. The molecule has 0 saturated heterocycles. The molecule has 0 atom stereocenters. The van der Waals surface area contributed by atoms with Gasteiger partial charge in [0, 0.05) is 23.2 Å². The minimum Gasteiger partial charge on any atom is -0.384 e. The largest absolute Gasteiger partial charge is 0.384 e. The van der Waals surface area contributed by atoms with Crippen LogP contribution in [0.5, 0.6) is 0 Å². The molecule has 0 spiro atoms. The van der Waals surface area contributed by atoms with Crippen LogP contribution in [0.25, 0.3) is 0 Å². The Labute approximate surface area is 79.8 Å². The van der Waals surface area contributed by atoms with E-state index in [4.69, 9.17) is 4.74 Å². The summed E-state index contributed by atoms with van der Waals surface area (Å²) < 4.78 is 5.12. The predicted molar refractivity (Wildman–Crippen MR) is 52.2 cm³/mol. The van der Waals surface area contributed by atoms with Crippen LogP contribution in [0.2, 0.25) is 0 Å². The molecule has 0 aliphatic heterocycles. The first kappa shape index (κ1) is 10.9. The Hall–Kier alpha value is 0.920. The molecule has 0 bridgehead atoms. The quantitative estimate of drug-likeness (QED) is 0.700. The van der Waals surface area contributed by atoms with E-state index in [1.54, 1.807) is 7.11 Å². The van der Waals surface area contributed by atoms with Crippen molar-refractivity contribution in [2.45, 2.75) is 13.3 Å². The lowest BCUT2D eigenvalue weighted by Gasteiger charge is -2.27. The van der Waals surface area contributed by atoms with Crippen LogP contribution in [-0.4, -0.2) is 24.4 Å². The highest BCUT2D eigenvalue weighted by atomic mass is 79.9. The molecule has 62 valence electrons. The van der Waals surface area contributed by atoms with Crippen LogP contribution in [0.4, 0.5) is 0 Å². The highest BCUT2D eigenvalue weighted by Crippen LogP contribution is 2.27. The third kappa shape index (κ3) is 2.89. The van der Waals surface area contributed by atoms with Gasteiger partial charge in [0.05, 0.1) is 6.61 Å². The standard InChI is InChI=1S/C7H14Br2O/c1-3-7(4-8,5-9)6-10-2/h3-6H2,1-2H3. The van der Waals surface area contributed by atoms with Gasteiger partial charge in [0.25, 0.3) is 0 Å². The molecular weight excluding hydrogens is 260 g/mol. The topological polar surface area (TPSA) is 9.23 Å². The number of methoxy groups -OCH3 is 1. The van der Waals surface area contributed by atoms with Crippen LogP contribution >= 0.6 is 31.9 Å². The van der Waals surface area contributed by atoms with E-state index in [1.807, 2.05) is 0 Å². The van der Waals surface area contributed by atoms with Crippen molar-refractivity contribution in [2.24, 2.45) is 5.41 Å². The summed E-state index contributed by atoms with van der Waals surface area (Å²) in [5.41, 5.74) is 0.286. The summed E-state index contributed by atoms with van der Waals surface area (Å²) in [5.74, 6) is 0.